The zero-order chi connectivity index (χ0) is 10.5. The molecule has 2 aliphatic rings. The van der Waals surface area contributed by atoms with E-state index >= 15 is 0 Å². The molecule has 15 heavy (non-hydrogen) atoms. The van der Waals surface area contributed by atoms with Crippen molar-refractivity contribution in [2.45, 2.75) is 57.4 Å². The minimum atomic E-state index is 0.869. The van der Waals surface area contributed by atoms with Gasteiger partial charge in [0.25, 0.3) is 0 Å². The van der Waals surface area contributed by atoms with Crippen molar-refractivity contribution in [1.82, 2.24) is 4.90 Å². The van der Waals surface area contributed by atoms with Crippen molar-refractivity contribution in [3.8, 4) is 0 Å². The fourth-order valence-electron chi connectivity index (χ4n) is 2.31. The maximum atomic E-state index is 5.49. The van der Waals surface area contributed by atoms with E-state index in [2.05, 4.69) is 4.90 Å². The third-order valence-corrected chi connectivity index (χ3v) is 3.65. The van der Waals surface area contributed by atoms with Gasteiger partial charge >= 0.3 is 0 Å². The van der Waals surface area contributed by atoms with Crippen LogP contribution in [0.4, 0.5) is 0 Å². The molecule has 0 amide bonds. The summed E-state index contributed by atoms with van der Waals surface area (Å²) in [6.07, 6.45) is 11.2. The predicted octanol–water partition coefficient (Wildman–Crippen LogP) is 2.38. The lowest BCUT2D eigenvalue weighted by atomic mass is 10.2. The van der Waals surface area contributed by atoms with E-state index in [1.165, 1.54) is 64.5 Å². The summed E-state index contributed by atoms with van der Waals surface area (Å²) in [5.41, 5.74) is 5.49. The Morgan fingerprint density at radius 2 is 1.67 bits per heavy atom. The van der Waals surface area contributed by atoms with Crippen LogP contribution >= 0.6 is 0 Å². The molecule has 2 nitrogen and oxygen atoms in total. The van der Waals surface area contributed by atoms with Crippen molar-refractivity contribution in [3.05, 3.63) is 0 Å². The molecular weight excluding hydrogens is 184 g/mol. The topological polar surface area (TPSA) is 29.3 Å². The van der Waals surface area contributed by atoms with Crippen LogP contribution in [-0.4, -0.2) is 30.6 Å². The first-order valence-corrected chi connectivity index (χ1v) is 6.84. The third kappa shape index (κ3) is 4.52. The molecule has 2 rings (SSSR count). The Morgan fingerprint density at radius 3 is 2.27 bits per heavy atom. The highest BCUT2D eigenvalue weighted by molar-refractivity contribution is 4.88. The maximum Gasteiger partial charge on any atom is 0.00965 e. The average molecular weight is 210 g/mol. The minimum Gasteiger partial charge on any atom is -0.330 e. The summed E-state index contributed by atoms with van der Waals surface area (Å²) in [6, 6.07) is 0.972. The maximum absolute atomic E-state index is 5.49. The molecule has 0 spiro atoms. The van der Waals surface area contributed by atoms with Crippen molar-refractivity contribution in [2.24, 2.45) is 11.7 Å². The van der Waals surface area contributed by atoms with Crippen LogP contribution in [-0.2, 0) is 0 Å². The monoisotopic (exact) mass is 210 g/mol. The lowest BCUT2D eigenvalue weighted by Gasteiger charge is -2.21. The first kappa shape index (κ1) is 11.4. The van der Waals surface area contributed by atoms with E-state index < -0.39 is 0 Å². The third-order valence-electron chi connectivity index (χ3n) is 3.65. The molecule has 2 saturated carbocycles. The molecule has 2 heteroatoms. The molecule has 88 valence electrons. The second-order valence-corrected chi connectivity index (χ2v) is 5.37. The summed E-state index contributed by atoms with van der Waals surface area (Å²) in [7, 11) is 0. The van der Waals surface area contributed by atoms with Crippen molar-refractivity contribution >= 4 is 0 Å². The molecule has 2 fully saturated rings. The number of nitrogens with zero attached hydrogens (tertiary/aromatic N) is 1. The molecular formula is C13H26N2. The summed E-state index contributed by atoms with van der Waals surface area (Å²) in [4.78, 5) is 2.76. The molecule has 0 saturated heterocycles. The van der Waals surface area contributed by atoms with Gasteiger partial charge in [-0.3, -0.25) is 0 Å². The fourth-order valence-corrected chi connectivity index (χ4v) is 2.31. The van der Waals surface area contributed by atoms with Gasteiger partial charge in [0.2, 0.25) is 0 Å². The Balaban J connectivity index is 1.53. The summed E-state index contributed by atoms with van der Waals surface area (Å²) in [5, 5.41) is 0. The van der Waals surface area contributed by atoms with Crippen molar-refractivity contribution in [3.63, 3.8) is 0 Å². The summed E-state index contributed by atoms with van der Waals surface area (Å²) in [5.74, 6) is 1.06. The van der Waals surface area contributed by atoms with E-state index in [0.717, 1.165) is 18.5 Å². The highest BCUT2D eigenvalue weighted by atomic mass is 15.2. The molecule has 0 aliphatic heterocycles. The summed E-state index contributed by atoms with van der Waals surface area (Å²) in [6.45, 7) is 3.63. The van der Waals surface area contributed by atoms with Crippen LogP contribution in [0.5, 0.6) is 0 Å². The number of hydrogen-bond donors (Lipinski definition) is 1. The van der Waals surface area contributed by atoms with E-state index in [1.54, 1.807) is 0 Å². The average Bonchev–Trinajstić information content (AvgIpc) is 3.08. The van der Waals surface area contributed by atoms with Gasteiger partial charge in [-0.25, -0.2) is 0 Å². The lowest BCUT2D eigenvalue weighted by Crippen LogP contribution is -2.29. The Bertz CT molecular complexity index is 173. The zero-order valence-electron chi connectivity index (χ0n) is 9.96. The Kier molecular flexibility index (Phi) is 4.45. The van der Waals surface area contributed by atoms with Gasteiger partial charge in [0.15, 0.2) is 0 Å². The standard InChI is InChI=1S/C13H26N2/c14-9-3-1-2-4-10-15(13-7-8-13)11-12-5-6-12/h12-13H,1-11,14H2. The molecule has 0 aromatic heterocycles. The quantitative estimate of drug-likeness (QED) is 0.592. The van der Waals surface area contributed by atoms with E-state index in [1.807, 2.05) is 0 Å². The second kappa shape index (κ2) is 5.86. The molecule has 0 heterocycles. The number of hydrogen-bond acceptors (Lipinski definition) is 2. The molecule has 2 aliphatic carbocycles. The van der Waals surface area contributed by atoms with Crippen LogP contribution in [0.1, 0.15) is 51.4 Å². The molecule has 0 radical (unpaired) electrons. The molecule has 0 aromatic carbocycles. The molecule has 0 atom stereocenters. The number of rotatable bonds is 9. The van der Waals surface area contributed by atoms with Crippen molar-refractivity contribution in [1.29, 1.82) is 0 Å². The Labute approximate surface area is 94.2 Å². The van der Waals surface area contributed by atoms with Gasteiger partial charge in [0.1, 0.15) is 0 Å². The molecule has 2 N–H and O–H groups in total. The van der Waals surface area contributed by atoms with Crippen molar-refractivity contribution in [2.75, 3.05) is 19.6 Å². The summed E-state index contributed by atoms with van der Waals surface area (Å²) < 4.78 is 0. The normalized spacial score (nSPS) is 21.2. The van der Waals surface area contributed by atoms with Crippen LogP contribution in [0.3, 0.4) is 0 Å². The van der Waals surface area contributed by atoms with Gasteiger partial charge in [-0.15, -0.1) is 0 Å². The second-order valence-electron chi connectivity index (χ2n) is 5.37. The smallest absolute Gasteiger partial charge is 0.00965 e. The fraction of sp³-hybridized carbons (Fsp3) is 1.00. The van der Waals surface area contributed by atoms with Crippen LogP contribution in [0, 0.1) is 5.92 Å². The van der Waals surface area contributed by atoms with Gasteiger partial charge in [0, 0.05) is 12.6 Å². The van der Waals surface area contributed by atoms with E-state index in [-0.39, 0.29) is 0 Å². The van der Waals surface area contributed by atoms with Gasteiger partial charge in [0.05, 0.1) is 0 Å². The largest absolute Gasteiger partial charge is 0.330 e. The van der Waals surface area contributed by atoms with Crippen molar-refractivity contribution < 1.29 is 0 Å². The highest BCUT2D eigenvalue weighted by Crippen LogP contribution is 2.34. The van der Waals surface area contributed by atoms with Crippen LogP contribution in [0.15, 0.2) is 0 Å². The van der Waals surface area contributed by atoms with Gasteiger partial charge in [-0.05, 0) is 57.5 Å². The van der Waals surface area contributed by atoms with Crippen LogP contribution < -0.4 is 5.73 Å². The lowest BCUT2D eigenvalue weighted by molar-refractivity contribution is 0.246. The molecule has 0 bridgehead atoms. The van der Waals surface area contributed by atoms with Crippen LogP contribution in [0.2, 0.25) is 0 Å². The molecule has 0 aromatic rings. The van der Waals surface area contributed by atoms with E-state index in [9.17, 15) is 0 Å². The SMILES string of the molecule is NCCCCCCN(CC1CC1)C1CC1. The Morgan fingerprint density at radius 1 is 0.933 bits per heavy atom. The van der Waals surface area contributed by atoms with Gasteiger partial charge < -0.3 is 10.6 Å². The first-order valence-electron chi connectivity index (χ1n) is 6.84. The highest BCUT2D eigenvalue weighted by Gasteiger charge is 2.32. The van der Waals surface area contributed by atoms with Gasteiger partial charge in [-0.1, -0.05) is 12.8 Å². The minimum absolute atomic E-state index is 0.869. The van der Waals surface area contributed by atoms with E-state index in [4.69, 9.17) is 5.73 Å². The molecule has 0 unspecified atom stereocenters. The number of unbranched alkanes of at least 4 members (excludes halogenated alkanes) is 3. The first-order chi connectivity index (χ1) is 7.40. The van der Waals surface area contributed by atoms with Gasteiger partial charge in [-0.2, -0.15) is 0 Å². The summed E-state index contributed by atoms with van der Waals surface area (Å²) >= 11 is 0. The Hall–Kier alpha value is -0.0800. The number of nitrogens with two attached hydrogens (primary N) is 1. The van der Waals surface area contributed by atoms with Crippen LogP contribution in [0.25, 0.3) is 0 Å². The predicted molar refractivity (Wildman–Crippen MR) is 64.8 cm³/mol. The van der Waals surface area contributed by atoms with E-state index in [0.29, 0.717) is 0 Å². The zero-order valence-corrected chi connectivity index (χ0v) is 9.96.